The van der Waals surface area contributed by atoms with Gasteiger partial charge in [-0.25, -0.2) is 9.97 Å². The number of hydrogen-bond donors (Lipinski definition) is 0. The Hall–Kier alpha value is -3.25. The van der Waals surface area contributed by atoms with Crippen LogP contribution in [0.15, 0.2) is 66.9 Å². The molecule has 0 aliphatic rings. The molecule has 0 aliphatic carbocycles. The first-order valence-electron chi connectivity index (χ1n) is 9.47. The van der Waals surface area contributed by atoms with Crippen molar-refractivity contribution in [3.05, 3.63) is 88.8 Å². The third-order valence-electron chi connectivity index (χ3n) is 4.85. The van der Waals surface area contributed by atoms with E-state index in [1.807, 2.05) is 31.2 Å². The van der Waals surface area contributed by atoms with E-state index in [4.69, 9.17) is 11.6 Å². The Morgan fingerprint density at radius 1 is 0.774 bits per heavy atom. The lowest BCUT2D eigenvalue weighted by molar-refractivity contribution is -0.141. The summed E-state index contributed by atoms with van der Waals surface area (Å²) in [6, 6.07) is 17.1. The van der Waals surface area contributed by atoms with Crippen LogP contribution in [0.25, 0.3) is 33.8 Å². The fourth-order valence-corrected chi connectivity index (χ4v) is 3.28. The molecule has 4 rings (SSSR count). The molecular weight excluding hydrogens is 423 g/mol. The van der Waals surface area contributed by atoms with Crippen molar-refractivity contribution < 1.29 is 13.2 Å². The monoisotopic (exact) mass is 439 g/mol. The highest BCUT2D eigenvalue weighted by atomic mass is 35.5. The molecule has 4 aromatic rings. The number of alkyl halides is 3. The fraction of sp³-hybridized carbons (Fsp3) is 0.125. The van der Waals surface area contributed by atoms with E-state index in [1.54, 1.807) is 37.3 Å². The summed E-state index contributed by atoms with van der Waals surface area (Å²) in [6.45, 7) is 3.71. The van der Waals surface area contributed by atoms with Gasteiger partial charge in [0, 0.05) is 28.0 Å². The molecule has 7 heteroatoms. The number of halogens is 4. The Balaban J connectivity index is 1.84. The van der Waals surface area contributed by atoms with Gasteiger partial charge in [-0.2, -0.15) is 13.2 Å². The summed E-state index contributed by atoms with van der Waals surface area (Å²) in [5.41, 5.74) is 3.48. The van der Waals surface area contributed by atoms with Crippen molar-refractivity contribution in [2.24, 2.45) is 0 Å². The third-order valence-corrected chi connectivity index (χ3v) is 5.26. The predicted octanol–water partition coefficient (Wildman–Crippen LogP) is 7.16. The summed E-state index contributed by atoms with van der Waals surface area (Å²) < 4.78 is 40.6. The van der Waals surface area contributed by atoms with E-state index < -0.39 is 11.9 Å². The van der Waals surface area contributed by atoms with E-state index in [-0.39, 0.29) is 11.5 Å². The van der Waals surface area contributed by atoms with Gasteiger partial charge in [-0.05, 0) is 60.9 Å². The fourth-order valence-electron chi connectivity index (χ4n) is 3.10. The topological polar surface area (TPSA) is 38.7 Å². The van der Waals surface area contributed by atoms with Crippen LogP contribution >= 0.6 is 11.6 Å². The minimum atomic E-state index is -4.60. The second-order valence-corrected chi connectivity index (χ2v) is 7.60. The van der Waals surface area contributed by atoms with Crippen molar-refractivity contribution in [2.75, 3.05) is 0 Å². The van der Waals surface area contributed by atoms with Crippen LogP contribution in [0.4, 0.5) is 13.2 Å². The van der Waals surface area contributed by atoms with E-state index in [1.165, 1.54) is 6.20 Å². The van der Waals surface area contributed by atoms with E-state index >= 15 is 0 Å². The zero-order valence-electron chi connectivity index (χ0n) is 16.7. The lowest BCUT2D eigenvalue weighted by Crippen LogP contribution is -2.10. The average Bonchev–Trinajstić information content (AvgIpc) is 2.75. The number of hydrogen-bond acceptors (Lipinski definition) is 3. The van der Waals surface area contributed by atoms with Crippen LogP contribution in [0.2, 0.25) is 5.02 Å². The standard InChI is InChI=1S/C24H17ClF3N3/c1-14-6-8-17(11-20(14)25)16-4-3-5-18(10-16)23-30-21(12-22(31-23)24(26,27)28)19-9-7-15(2)29-13-19/h3-13H,1-2H3. The quantitative estimate of drug-likeness (QED) is 0.340. The Kier molecular flexibility index (Phi) is 5.50. The average molecular weight is 440 g/mol. The number of aromatic nitrogens is 3. The molecule has 2 aromatic carbocycles. The number of aryl methyl sites for hydroxylation is 2. The molecule has 0 fully saturated rings. The number of pyridine rings is 1. The molecule has 0 bridgehead atoms. The van der Waals surface area contributed by atoms with Gasteiger partial charge in [-0.15, -0.1) is 0 Å². The number of nitrogens with zero attached hydrogens (tertiary/aromatic N) is 3. The summed E-state index contributed by atoms with van der Waals surface area (Å²) in [4.78, 5) is 12.4. The summed E-state index contributed by atoms with van der Waals surface area (Å²) in [6.07, 6.45) is -3.10. The highest BCUT2D eigenvalue weighted by Crippen LogP contribution is 2.33. The SMILES string of the molecule is Cc1ccc(-c2cc(C(F)(F)F)nc(-c3cccc(-c4ccc(C)c(Cl)c4)c3)n2)cn1. The van der Waals surface area contributed by atoms with Crippen LogP contribution < -0.4 is 0 Å². The number of rotatable bonds is 3. The first kappa shape index (κ1) is 21.0. The van der Waals surface area contributed by atoms with Crippen LogP contribution in [0.5, 0.6) is 0 Å². The van der Waals surface area contributed by atoms with Gasteiger partial charge in [0.05, 0.1) is 5.69 Å². The highest BCUT2D eigenvalue weighted by Gasteiger charge is 2.34. The smallest absolute Gasteiger partial charge is 0.261 e. The van der Waals surface area contributed by atoms with Crippen molar-refractivity contribution >= 4 is 11.6 Å². The third kappa shape index (κ3) is 4.59. The van der Waals surface area contributed by atoms with Crippen LogP contribution in [-0.2, 0) is 6.18 Å². The van der Waals surface area contributed by atoms with E-state index in [9.17, 15) is 13.2 Å². The minimum Gasteiger partial charge on any atom is -0.261 e. The zero-order valence-corrected chi connectivity index (χ0v) is 17.5. The Morgan fingerprint density at radius 2 is 1.48 bits per heavy atom. The normalized spacial score (nSPS) is 11.5. The van der Waals surface area contributed by atoms with Crippen LogP contribution in [0.3, 0.4) is 0 Å². The van der Waals surface area contributed by atoms with E-state index in [0.717, 1.165) is 28.5 Å². The summed E-state index contributed by atoms with van der Waals surface area (Å²) >= 11 is 6.24. The maximum absolute atomic E-state index is 13.5. The maximum atomic E-state index is 13.5. The van der Waals surface area contributed by atoms with Gasteiger partial charge in [0.25, 0.3) is 0 Å². The van der Waals surface area contributed by atoms with Gasteiger partial charge in [-0.3, -0.25) is 4.98 Å². The lowest BCUT2D eigenvalue weighted by atomic mass is 10.0. The largest absolute Gasteiger partial charge is 0.433 e. The Morgan fingerprint density at radius 3 is 2.16 bits per heavy atom. The minimum absolute atomic E-state index is 0.00883. The van der Waals surface area contributed by atoms with E-state index in [0.29, 0.717) is 16.1 Å². The summed E-state index contributed by atoms with van der Waals surface area (Å²) in [5.74, 6) is -0.00883. The van der Waals surface area contributed by atoms with Crippen LogP contribution in [0, 0.1) is 13.8 Å². The molecule has 3 nitrogen and oxygen atoms in total. The maximum Gasteiger partial charge on any atom is 0.433 e. The van der Waals surface area contributed by atoms with Gasteiger partial charge < -0.3 is 0 Å². The molecule has 0 amide bonds. The summed E-state index contributed by atoms with van der Waals surface area (Å²) in [5, 5.41) is 0.618. The molecule has 0 spiro atoms. The number of benzene rings is 2. The van der Waals surface area contributed by atoms with Crippen molar-refractivity contribution in [3.63, 3.8) is 0 Å². The van der Waals surface area contributed by atoms with Crippen molar-refractivity contribution in [1.82, 2.24) is 15.0 Å². The van der Waals surface area contributed by atoms with Gasteiger partial charge >= 0.3 is 6.18 Å². The first-order chi connectivity index (χ1) is 14.7. The lowest BCUT2D eigenvalue weighted by Gasteiger charge is -2.12. The van der Waals surface area contributed by atoms with Crippen molar-refractivity contribution in [1.29, 1.82) is 0 Å². The molecule has 0 atom stereocenters. The molecule has 0 saturated heterocycles. The molecule has 0 N–H and O–H groups in total. The van der Waals surface area contributed by atoms with Gasteiger partial charge in [-0.1, -0.05) is 41.9 Å². The van der Waals surface area contributed by atoms with Crippen molar-refractivity contribution in [2.45, 2.75) is 20.0 Å². The summed E-state index contributed by atoms with van der Waals surface area (Å²) in [7, 11) is 0. The zero-order chi connectivity index (χ0) is 22.2. The first-order valence-corrected chi connectivity index (χ1v) is 9.85. The van der Waals surface area contributed by atoms with Crippen molar-refractivity contribution in [3.8, 4) is 33.8 Å². The second-order valence-electron chi connectivity index (χ2n) is 7.19. The van der Waals surface area contributed by atoms with Gasteiger partial charge in [0.2, 0.25) is 0 Å². The van der Waals surface area contributed by atoms with E-state index in [2.05, 4.69) is 15.0 Å². The van der Waals surface area contributed by atoms with Gasteiger partial charge in [0.15, 0.2) is 5.82 Å². The molecule has 2 aromatic heterocycles. The van der Waals surface area contributed by atoms with Crippen LogP contribution in [-0.4, -0.2) is 15.0 Å². The Labute approximate surface area is 182 Å². The molecule has 0 aliphatic heterocycles. The molecule has 156 valence electrons. The molecule has 31 heavy (non-hydrogen) atoms. The molecular formula is C24H17ClF3N3. The molecule has 0 radical (unpaired) electrons. The predicted molar refractivity (Wildman–Crippen MR) is 116 cm³/mol. The molecule has 0 saturated carbocycles. The second kappa shape index (κ2) is 8.12. The van der Waals surface area contributed by atoms with Gasteiger partial charge in [0.1, 0.15) is 5.69 Å². The van der Waals surface area contributed by atoms with Crippen LogP contribution in [0.1, 0.15) is 17.0 Å². The molecule has 2 heterocycles. The molecule has 0 unspecified atom stereocenters. The highest BCUT2D eigenvalue weighted by molar-refractivity contribution is 6.31. The Bertz CT molecular complexity index is 1250.